The Balaban J connectivity index is 2.00. The highest BCUT2D eigenvalue weighted by Crippen LogP contribution is 2.37. The molecule has 0 unspecified atom stereocenters. The van der Waals surface area contributed by atoms with Crippen LogP contribution in [0.4, 0.5) is 0 Å². The fourth-order valence-corrected chi connectivity index (χ4v) is 5.57. The van der Waals surface area contributed by atoms with Crippen LogP contribution in [-0.2, 0) is 19.9 Å². The first-order valence-corrected chi connectivity index (χ1v) is 11.3. The monoisotopic (exact) mass is 387 g/mol. The van der Waals surface area contributed by atoms with Crippen LogP contribution in [0, 0.1) is 25.7 Å². The van der Waals surface area contributed by atoms with Crippen LogP contribution >= 0.6 is 0 Å². The zero-order valence-corrected chi connectivity index (χ0v) is 19.2. The maximum Gasteiger partial charge on any atom is 0.220 e. The smallest absolute Gasteiger partial charge is 0.198 e. The number of hydrogen-bond donors (Lipinski definition) is 0. The van der Waals surface area contributed by atoms with Gasteiger partial charge < -0.3 is 0 Å². The fourth-order valence-electron chi connectivity index (χ4n) is 5.57. The molecule has 0 fully saturated rings. The SMILES string of the molecule is [2H]c1c(C)[n+](C)c(-c2cc3c(cc2C)CCC3)c2ccc(C(C(C)C)C(C)C)cc12. The molecule has 0 N–H and O–H groups in total. The second-order valence-electron chi connectivity index (χ2n) is 9.73. The van der Waals surface area contributed by atoms with Crippen LogP contribution < -0.4 is 4.57 Å². The summed E-state index contributed by atoms with van der Waals surface area (Å²) >= 11 is 0. The molecule has 1 heterocycles. The number of hydrogen-bond acceptors (Lipinski definition) is 0. The molecule has 0 bridgehead atoms. The molecule has 0 amide bonds. The van der Waals surface area contributed by atoms with E-state index in [9.17, 15) is 0 Å². The van der Waals surface area contributed by atoms with Gasteiger partial charge in [-0.3, -0.25) is 0 Å². The summed E-state index contributed by atoms with van der Waals surface area (Å²) in [5.74, 6) is 1.67. The van der Waals surface area contributed by atoms with Gasteiger partial charge in [0.2, 0.25) is 5.69 Å². The summed E-state index contributed by atoms with van der Waals surface area (Å²) in [5, 5.41) is 2.29. The number of aryl methyl sites for hydroxylation is 3. The predicted octanol–water partition coefficient (Wildman–Crippen LogP) is 6.83. The largest absolute Gasteiger partial charge is 0.220 e. The Hall–Kier alpha value is -2.15. The molecule has 1 nitrogen and oxygen atoms in total. The molecule has 1 aromatic heterocycles. The molecule has 4 rings (SSSR count). The van der Waals surface area contributed by atoms with Crippen LogP contribution in [0.15, 0.2) is 36.4 Å². The van der Waals surface area contributed by atoms with Gasteiger partial charge in [0.1, 0.15) is 7.05 Å². The zero-order valence-electron chi connectivity index (χ0n) is 20.2. The van der Waals surface area contributed by atoms with E-state index in [1.165, 1.54) is 58.2 Å². The number of benzene rings is 2. The summed E-state index contributed by atoms with van der Waals surface area (Å²) in [6.45, 7) is 13.6. The van der Waals surface area contributed by atoms with Crippen molar-refractivity contribution in [1.82, 2.24) is 0 Å². The van der Waals surface area contributed by atoms with Gasteiger partial charge in [0.15, 0.2) is 5.69 Å². The third-order valence-electron chi connectivity index (χ3n) is 6.97. The third kappa shape index (κ3) is 3.50. The van der Waals surface area contributed by atoms with Gasteiger partial charge in [-0.05, 0) is 83.7 Å². The molecule has 29 heavy (non-hydrogen) atoms. The standard InChI is InChI=1S/C28H36N/c1-17(2)27(18(3)4)23-11-12-25-24(15-23)14-20(6)29(7)28(25)26-16-22-10-8-9-21(22)13-19(26)5/h11-18,27H,8-10H2,1-7H3/q+1/i14D. The highest BCUT2D eigenvalue weighted by atomic mass is 14.9. The van der Waals surface area contributed by atoms with Crippen molar-refractivity contribution < 1.29 is 5.94 Å². The van der Waals surface area contributed by atoms with Crippen LogP contribution in [0.5, 0.6) is 0 Å². The summed E-state index contributed by atoms with van der Waals surface area (Å²) < 4.78 is 11.1. The second-order valence-corrected chi connectivity index (χ2v) is 9.73. The lowest BCUT2D eigenvalue weighted by Crippen LogP contribution is -2.35. The minimum Gasteiger partial charge on any atom is -0.198 e. The van der Waals surface area contributed by atoms with Crippen LogP contribution in [0.25, 0.3) is 22.0 Å². The Labute approximate surface area is 178 Å². The van der Waals surface area contributed by atoms with Crippen molar-refractivity contribution in [2.24, 2.45) is 18.9 Å². The molecule has 0 atom stereocenters. The van der Waals surface area contributed by atoms with Crippen molar-refractivity contribution in [2.75, 3.05) is 0 Å². The van der Waals surface area contributed by atoms with Crippen molar-refractivity contribution in [3.8, 4) is 11.3 Å². The molecule has 2 aromatic carbocycles. The lowest BCUT2D eigenvalue weighted by atomic mass is 9.79. The summed E-state index contributed by atoms with van der Waals surface area (Å²) in [6.07, 6.45) is 3.67. The Morgan fingerprint density at radius 3 is 2.24 bits per heavy atom. The van der Waals surface area contributed by atoms with Crippen molar-refractivity contribution >= 4 is 10.8 Å². The van der Waals surface area contributed by atoms with Crippen molar-refractivity contribution in [3.05, 3.63) is 64.3 Å². The maximum atomic E-state index is 8.90. The predicted molar refractivity (Wildman–Crippen MR) is 124 cm³/mol. The quantitative estimate of drug-likeness (QED) is 0.432. The lowest BCUT2D eigenvalue weighted by Gasteiger charge is -2.25. The minimum absolute atomic E-state index is 0.508. The average molecular weight is 388 g/mol. The molecular weight excluding hydrogens is 350 g/mol. The molecule has 1 aliphatic carbocycles. The van der Waals surface area contributed by atoms with Crippen LogP contribution in [-0.4, -0.2) is 0 Å². The summed E-state index contributed by atoms with van der Waals surface area (Å²) in [5.41, 5.74) is 9.34. The van der Waals surface area contributed by atoms with E-state index in [0.717, 1.165) is 11.1 Å². The van der Waals surface area contributed by atoms with Gasteiger partial charge in [-0.2, -0.15) is 4.57 Å². The van der Waals surface area contributed by atoms with E-state index in [2.05, 4.69) is 83.5 Å². The summed E-state index contributed by atoms with van der Waals surface area (Å²) in [4.78, 5) is 0. The highest BCUT2D eigenvalue weighted by molar-refractivity contribution is 5.94. The molecule has 1 aliphatic rings. The molecule has 0 aliphatic heterocycles. The maximum absolute atomic E-state index is 8.90. The summed E-state index contributed by atoms with van der Waals surface area (Å²) in [7, 11) is 2.12. The number of fused-ring (bicyclic) bond motifs is 2. The molecular formula is C28H36N+. The normalized spacial score (nSPS) is 14.3. The lowest BCUT2D eigenvalue weighted by molar-refractivity contribution is -0.665. The summed E-state index contributed by atoms with van der Waals surface area (Å²) in [6, 6.07) is 12.4. The van der Waals surface area contributed by atoms with Gasteiger partial charge in [-0.25, -0.2) is 0 Å². The third-order valence-corrected chi connectivity index (χ3v) is 6.97. The molecule has 0 saturated carbocycles. The van der Waals surface area contributed by atoms with Crippen molar-refractivity contribution in [2.45, 2.75) is 66.7 Å². The fraction of sp³-hybridized carbons (Fsp3) is 0.464. The highest BCUT2D eigenvalue weighted by Gasteiger charge is 2.25. The number of rotatable bonds is 4. The molecule has 1 heteroatoms. The topological polar surface area (TPSA) is 3.88 Å². The van der Waals surface area contributed by atoms with Crippen LogP contribution in [0.2, 0.25) is 0 Å². The van der Waals surface area contributed by atoms with Gasteiger partial charge in [0.05, 0.1) is 12.3 Å². The Morgan fingerprint density at radius 1 is 0.931 bits per heavy atom. The van der Waals surface area contributed by atoms with Gasteiger partial charge in [-0.15, -0.1) is 0 Å². The molecule has 0 radical (unpaired) electrons. The molecule has 0 spiro atoms. The van der Waals surface area contributed by atoms with E-state index in [1.54, 1.807) is 0 Å². The first-order chi connectivity index (χ1) is 14.2. The van der Waals surface area contributed by atoms with Gasteiger partial charge >= 0.3 is 0 Å². The Kier molecular flexibility index (Phi) is 4.94. The number of pyridine rings is 1. The zero-order chi connectivity index (χ0) is 21.7. The number of aromatic nitrogens is 1. The van der Waals surface area contributed by atoms with Gasteiger partial charge in [0.25, 0.3) is 0 Å². The second kappa shape index (κ2) is 7.59. The van der Waals surface area contributed by atoms with E-state index in [-0.39, 0.29) is 0 Å². The average Bonchev–Trinajstić information content (AvgIpc) is 3.13. The van der Waals surface area contributed by atoms with Gasteiger partial charge in [-0.1, -0.05) is 45.9 Å². The van der Waals surface area contributed by atoms with E-state index in [1.807, 2.05) is 0 Å². The molecule has 0 saturated heterocycles. The van der Waals surface area contributed by atoms with Crippen LogP contribution in [0.3, 0.4) is 0 Å². The van der Waals surface area contributed by atoms with E-state index in [0.29, 0.717) is 23.8 Å². The Morgan fingerprint density at radius 2 is 1.59 bits per heavy atom. The van der Waals surface area contributed by atoms with Crippen molar-refractivity contribution in [1.29, 1.82) is 0 Å². The first kappa shape index (κ1) is 18.9. The van der Waals surface area contributed by atoms with E-state index in [4.69, 9.17) is 1.37 Å². The van der Waals surface area contributed by atoms with E-state index >= 15 is 0 Å². The molecule has 3 aromatic rings. The molecule has 152 valence electrons. The van der Waals surface area contributed by atoms with Gasteiger partial charge in [0, 0.05) is 13.0 Å². The Bertz CT molecular complexity index is 1120. The van der Waals surface area contributed by atoms with Crippen LogP contribution in [0.1, 0.15) is 69.4 Å². The minimum atomic E-state index is 0.508. The van der Waals surface area contributed by atoms with E-state index < -0.39 is 0 Å². The van der Waals surface area contributed by atoms with Crippen molar-refractivity contribution in [3.63, 3.8) is 0 Å². The number of nitrogens with zero attached hydrogens (tertiary/aromatic N) is 1. The first-order valence-electron chi connectivity index (χ1n) is 11.8.